The standard InChI is InChI=1S/C12H8Cl2N4O2/c1-17-10-9(11(19)18(2)12(17)20)15-7-3-5(13)6(14)4-8(7)16-10/h3-4H,1-2H3. The smallest absolute Gasteiger partial charge is 0.279 e. The van der Waals surface area contributed by atoms with Crippen LogP contribution < -0.4 is 11.2 Å². The average molecular weight is 311 g/mol. The largest absolute Gasteiger partial charge is 0.332 e. The number of nitrogens with zero attached hydrogens (tertiary/aromatic N) is 4. The fraction of sp³-hybridized carbons (Fsp3) is 0.167. The number of fused-ring (bicyclic) bond motifs is 2. The molecule has 0 atom stereocenters. The number of rotatable bonds is 0. The van der Waals surface area contributed by atoms with Gasteiger partial charge in [-0.05, 0) is 12.1 Å². The Morgan fingerprint density at radius 3 is 2.10 bits per heavy atom. The van der Waals surface area contributed by atoms with E-state index in [-0.39, 0.29) is 11.2 Å². The van der Waals surface area contributed by atoms with E-state index in [1.807, 2.05) is 0 Å². The molecule has 0 saturated heterocycles. The van der Waals surface area contributed by atoms with Gasteiger partial charge in [-0.25, -0.2) is 14.8 Å². The van der Waals surface area contributed by atoms with Crippen molar-refractivity contribution in [1.29, 1.82) is 0 Å². The normalized spacial score (nSPS) is 11.4. The quantitative estimate of drug-likeness (QED) is 0.590. The van der Waals surface area contributed by atoms with Crippen LogP contribution in [0.3, 0.4) is 0 Å². The number of halogens is 2. The van der Waals surface area contributed by atoms with Gasteiger partial charge in [-0.1, -0.05) is 23.2 Å². The molecule has 0 radical (unpaired) electrons. The first-order chi connectivity index (χ1) is 9.40. The molecule has 2 heterocycles. The lowest BCUT2D eigenvalue weighted by molar-refractivity contribution is 0.706. The highest BCUT2D eigenvalue weighted by Crippen LogP contribution is 2.26. The molecule has 3 aromatic rings. The third-order valence-electron chi connectivity index (χ3n) is 3.09. The summed E-state index contributed by atoms with van der Waals surface area (Å²) in [6, 6.07) is 3.09. The summed E-state index contributed by atoms with van der Waals surface area (Å²) in [6.07, 6.45) is 0. The van der Waals surface area contributed by atoms with E-state index in [1.54, 1.807) is 6.07 Å². The van der Waals surface area contributed by atoms with E-state index >= 15 is 0 Å². The lowest BCUT2D eigenvalue weighted by Crippen LogP contribution is -2.37. The zero-order valence-electron chi connectivity index (χ0n) is 10.5. The van der Waals surface area contributed by atoms with Crippen LogP contribution in [0.25, 0.3) is 22.2 Å². The van der Waals surface area contributed by atoms with E-state index in [0.29, 0.717) is 21.1 Å². The summed E-state index contributed by atoms with van der Waals surface area (Å²) in [4.78, 5) is 32.5. The minimum atomic E-state index is -0.497. The molecule has 0 aliphatic rings. The van der Waals surface area contributed by atoms with E-state index < -0.39 is 11.2 Å². The van der Waals surface area contributed by atoms with Crippen LogP contribution in [0.1, 0.15) is 0 Å². The predicted molar refractivity (Wildman–Crippen MR) is 77.5 cm³/mol. The molecule has 0 amide bonds. The number of aryl methyl sites for hydroxylation is 1. The van der Waals surface area contributed by atoms with Gasteiger partial charge in [0.25, 0.3) is 5.56 Å². The monoisotopic (exact) mass is 310 g/mol. The highest BCUT2D eigenvalue weighted by molar-refractivity contribution is 6.42. The molecule has 0 N–H and O–H groups in total. The maximum Gasteiger partial charge on any atom is 0.332 e. The molecule has 6 nitrogen and oxygen atoms in total. The second-order valence-corrected chi connectivity index (χ2v) is 5.17. The van der Waals surface area contributed by atoms with Gasteiger partial charge in [0.2, 0.25) is 0 Å². The van der Waals surface area contributed by atoms with Crippen LogP contribution in [0.4, 0.5) is 0 Å². The minimum Gasteiger partial charge on any atom is -0.279 e. The minimum absolute atomic E-state index is 0.112. The Hall–Kier alpha value is -1.92. The van der Waals surface area contributed by atoms with Crippen molar-refractivity contribution < 1.29 is 0 Å². The van der Waals surface area contributed by atoms with Crippen LogP contribution in [0.5, 0.6) is 0 Å². The zero-order valence-corrected chi connectivity index (χ0v) is 12.0. The first-order valence-corrected chi connectivity index (χ1v) is 6.38. The lowest BCUT2D eigenvalue weighted by Gasteiger charge is -2.07. The highest BCUT2D eigenvalue weighted by Gasteiger charge is 2.13. The number of hydrogen-bond donors (Lipinski definition) is 0. The second kappa shape index (κ2) is 4.29. The summed E-state index contributed by atoms with van der Waals surface area (Å²) in [6.45, 7) is 0. The van der Waals surface area contributed by atoms with E-state index in [1.165, 1.54) is 24.7 Å². The molecule has 0 bridgehead atoms. The van der Waals surface area contributed by atoms with Crippen molar-refractivity contribution in [3.63, 3.8) is 0 Å². The molecule has 20 heavy (non-hydrogen) atoms. The van der Waals surface area contributed by atoms with Crippen molar-refractivity contribution in [2.75, 3.05) is 0 Å². The fourth-order valence-electron chi connectivity index (χ4n) is 1.98. The molecule has 0 unspecified atom stereocenters. The van der Waals surface area contributed by atoms with Gasteiger partial charge < -0.3 is 0 Å². The van der Waals surface area contributed by atoms with E-state index in [4.69, 9.17) is 23.2 Å². The third-order valence-corrected chi connectivity index (χ3v) is 3.81. The van der Waals surface area contributed by atoms with E-state index in [9.17, 15) is 9.59 Å². The van der Waals surface area contributed by atoms with Crippen molar-refractivity contribution in [3.05, 3.63) is 43.0 Å². The second-order valence-electron chi connectivity index (χ2n) is 4.36. The van der Waals surface area contributed by atoms with Gasteiger partial charge >= 0.3 is 5.69 Å². The van der Waals surface area contributed by atoms with Crippen molar-refractivity contribution >= 4 is 45.4 Å². The number of benzene rings is 1. The maximum atomic E-state index is 12.1. The average Bonchev–Trinajstić information content (AvgIpc) is 2.43. The fourth-order valence-corrected chi connectivity index (χ4v) is 2.30. The highest BCUT2D eigenvalue weighted by atomic mass is 35.5. The molecule has 102 valence electrons. The Balaban J connectivity index is 2.61. The number of hydrogen-bond acceptors (Lipinski definition) is 4. The third kappa shape index (κ3) is 1.72. The summed E-state index contributed by atoms with van der Waals surface area (Å²) in [5.41, 5.74) is 0.280. The van der Waals surface area contributed by atoms with Crippen LogP contribution in [0.2, 0.25) is 10.0 Å². The van der Waals surface area contributed by atoms with Crippen LogP contribution >= 0.6 is 23.2 Å². The Morgan fingerprint density at radius 2 is 1.50 bits per heavy atom. The van der Waals surface area contributed by atoms with Crippen molar-refractivity contribution in [3.8, 4) is 0 Å². The van der Waals surface area contributed by atoms with Gasteiger partial charge in [-0.15, -0.1) is 0 Å². The SMILES string of the molecule is Cn1c(=O)c2nc3cc(Cl)c(Cl)cc3nc2n(C)c1=O. The Labute approximate surface area is 122 Å². The van der Waals surface area contributed by atoms with Crippen molar-refractivity contribution in [1.82, 2.24) is 19.1 Å². The molecule has 0 spiro atoms. The molecule has 0 fully saturated rings. The Kier molecular flexibility index (Phi) is 2.81. The first-order valence-electron chi connectivity index (χ1n) is 5.62. The van der Waals surface area contributed by atoms with Crippen LogP contribution in [0, 0.1) is 0 Å². The van der Waals surface area contributed by atoms with E-state index in [2.05, 4.69) is 9.97 Å². The first kappa shape index (κ1) is 13.1. The van der Waals surface area contributed by atoms with Gasteiger partial charge in [-0.3, -0.25) is 13.9 Å². The molecule has 0 saturated carbocycles. The van der Waals surface area contributed by atoms with Crippen molar-refractivity contribution in [2.45, 2.75) is 0 Å². The predicted octanol–water partition coefficient (Wildman–Crippen LogP) is 1.49. The molecule has 0 aliphatic heterocycles. The van der Waals surface area contributed by atoms with Crippen LogP contribution in [-0.4, -0.2) is 19.1 Å². The summed E-state index contributed by atoms with van der Waals surface area (Å²) in [5.74, 6) is 0. The van der Waals surface area contributed by atoms with Crippen LogP contribution in [-0.2, 0) is 14.1 Å². The molecular weight excluding hydrogens is 303 g/mol. The zero-order chi connectivity index (χ0) is 14.6. The molecule has 0 aliphatic carbocycles. The molecular formula is C12H8Cl2N4O2. The Morgan fingerprint density at radius 1 is 0.950 bits per heavy atom. The van der Waals surface area contributed by atoms with Gasteiger partial charge in [0.05, 0.1) is 21.1 Å². The van der Waals surface area contributed by atoms with Gasteiger partial charge in [0.1, 0.15) is 0 Å². The summed E-state index contributed by atoms with van der Waals surface area (Å²) in [5, 5.41) is 0.663. The molecule has 3 rings (SSSR count). The lowest BCUT2D eigenvalue weighted by atomic mass is 10.3. The number of aromatic nitrogens is 4. The summed E-state index contributed by atoms with van der Waals surface area (Å²) >= 11 is 11.9. The molecule has 1 aromatic carbocycles. The van der Waals surface area contributed by atoms with Crippen LogP contribution in [0.15, 0.2) is 21.7 Å². The summed E-state index contributed by atoms with van der Waals surface area (Å²) in [7, 11) is 2.92. The van der Waals surface area contributed by atoms with Crippen molar-refractivity contribution in [2.24, 2.45) is 14.1 Å². The van der Waals surface area contributed by atoms with Gasteiger partial charge in [-0.2, -0.15) is 0 Å². The topological polar surface area (TPSA) is 69.8 Å². The van der Waals surface area contributed by atoms with Gasteiger partial charge in [0, 0.05) is 14.1 Å². The van der Waals surface area contributed by atoms with E-state index in [0.717, 1.165) is 4.57 Å². The molecule has 2 aromatic heterocycles. The molecule has 8 heteroatoms. The van der Waals surface area contributed by atoms with Gasteiger partial charge in [0.15, 0.2) is 11.2 Å². The maximum absolute atomic E-state index is 12.1. The Bertz CT molecular complexity index is 991. The summed E-state index contributed by atoms with van der Waals surface area (Å²) < 4.78 is 2.26.